The van der Waals surface area contributed by atoms with Crippen molar-refractivity contribution < 1.29 is 0 Å². The van der Waals surface area contributed by atoms with Gasteiger partial charge in [0.15, 0.2) is 0 Å². The van der Waals surface area contributed by atoms with E-state index in [0.717, 1.165) is 34.8 Å². The lowest BCUT2D eigenvalue weighted by Crippen LogP contribution is -1.88. The third-order valence-electron chi connectivity index (χ3n) is 3.88. The zero-order chi connectivity index (χ0) is 15.5. The summed E-state index contributed by atoms with van der Waals surface area (Å²) < 4.78 is 0. The second-order valence-electron chi connectivity index (χ2n) is 5.53. The van der Waals surface area contributed by atoms with Gasteiger partial charge in [0.25, 0.3) is 0 Å². The lowest BCUT2D eigenvalue weighted by molar-refractivity contribution is 1.13. The van der Waals surface area contributed by atoms with E-state index in [1.165, 1.54) is 11.1 Å². The molecular weight excluding hydrogens is 270 g/mol. The van der Waals surface area contributed by atoms with Crippen LogP contribution >= 0.6 is 0 Å². The molecular formula is C19H21N3. The van der Waals surface area contributed by atoms with Gasteiger partial charge < -0.3 is 10.3 Å². The molecule has 2 aromatic carbocycles. The Kier molecular flexibility index (Phi) is 3.96. The number of benzene rings is 2. The summed E-state index contributed by atoms with van der Waals surface area (Å²) in [5.41, 5.74) is 7.04. The number of nitrogens with zero attached hydrogens (tertiary/aromatic N) is 1. The minimum atomic E-state index is 0.922. The lowest BCUT2D eigenvalue weighted by atomic mass is 10.0. The fourth-order valence-electron chi connectivity index (χ4n) is 2.63. The number of hydrogen-bond donors (Lipinski definition) is 2. The highest BCUT2D eigenvalue weighted by Crippen LogP contribution is 2.25. The van der Waals surface area contributed by atoms with Gasteiger partial charge in [0.1, 0.15) is 5.82 Å². The van der Waals surface area contributed by atoms with Crippen molar-refractivity contribution >= 4 is 5.69 Å². The molecule has 0 aliphatic rings. The van der Waals surface area contributed by atoms with Crippen LogP contribution in [0.5, 0.6) is 0 Å². The molecule has 0 aliphatic heterocycles. The molecule has 1 heterocycles. The van der Waals surface area contributed by atoms with Crippen molar-refractivity contribution in [3.8, 4) is 22.6 Å². The van der Waals surface area contributed by atoms with Crippen LogP contribution in [0.15, 0.2) is 48.7 Å². The second-order valence-corrected chi connectivity index (χ2v) is 5.53. The van der Waals surface area contributed by atoms with Gasteiger partial charge in [-0.05, 0) is 48.7 Å². The smallest absolute Gasteiger partial charge is 0.137 e. The summed E-state index contributed by atoms with van der Waals surface area (Å²) in [6.07, 6.45) is 2.94. The summed E-state index contributed by atoms with van der Waals surface area (Å²) in [6.45, 7) is 4.30. The van der Waals surface area contributed by atoms with Crippen molar-refractivity contribution in [1.82, 2.24) is 9.97 Å². The number of imidazole rings is 1. The van der Waals surface area contributed by atoms with E-state index in [1.54, 1.807) is 0 Å². The Balaban J connectivity index is 1.94. The number of aryl methyl sites for hydroxylation is 2. The lowest BCUT2D eigenvalue weighted by Gasteiger charge is -2.04. The minimum Gasteiger partial charge on any atom is -0.388 e. The molecule has 0 unspecified atom stereocenters. The summed E-state index contributed by atoms with van der Waals surface area (Å²) in [5.74, 6) is 0.922. The standard InChI is InChI=1S/C19H21N3/c1-4-14-9-13(2)10-16(11-14)19-21-12-18(22-19)15-5-7-17(20-3)8-6-15/h5-12,20H,4H2,1-3H3,(H,21,22). The van der Waals surface area contributed by atoms with Gasteiger partial charge in [-0.25, -0.2) is 4.98 Å². The summed E-state index contributed by atoms with van der Waals surface area (Å²) in [5, 5.41) is 3.13. The highest BCUT2D eigenvalue weighted by Gasteiger charge is 2.07. The van der Waals surface area contributed by atoms with E-state index in [4.69, 9.17) is 0 Å². The van der Waals surface area contributed by atoms with E-state index in [2.05, 4.69) is 71.6 Å². The highest BCUT2D eigenvalue weighted by molar-refractivity contribution is 5.66. The van der Waals surface area contributed by atoms with Crippen LogP contribution in [-0.2, 0) is 6.42 Å². The number of aromatic nitrogens is 2. The Morgan fingerprint density at radius 3 is 2.50 bits per heavy atom. The Bertz CT molecular complexity index is 770. The summed E-state index contributed by atoms with van der Waals surface area (Å²) >= 11 is 0. The molecule has 0 bridgehead atoms. The molecule has 0 saturated carbocycles. The molecule has 0 spiro atoms. The topological polar surface area (TPSA) is 40.7 Å². The molecule has 0 saturated heterocycles. The predicted molar refractivity (Wildman–Crippen MR) is 93.1 cm³/mol. The molecule has 0 amide bonds. The quantitative estimate of drug-likeness (QED) is 0.734. The number of anilines is 1. The Morgan fingerprint density at radius 1 is 1.05 bits per heavy atom. The van der Waals surface area contributed by atoms with Crippen molar-refractivity contribution in [1.29, 1.82) is 0 Å². The van der Waals surface area contributed by atoms with E-state index in [9.17, 15) is 0 Å². The zero-order valence-corrected chi connectivity index (χ0v) is 13.3. The average Bonchev–Trinajstić information content (AvgIpc) is 3.04. The average molecular weight is 291 g/mol. The molecule has 3 nitrogen and oxygen atoms in total. The van der Waals surface area contributed by atoms with Crippen molar-refractivity contribution in [3.05, 3.63) is 59.8 Å². The largest absolute Gasteiger partial charge is 0.388 e. The molecule has 0 atom stereocenters. The Morgan fingerprint density at radius 2 is 1.82 bits per heavy atom. The SMILES string of the molecule is CCc1cc(C)cc(-c2ncc(-c3ccc(NC)cc3)[nH]2)c1. The normalized spacial score (nSPS) is 10.7. The van der Waals surface area contributed by atoms with Gasteiger partial charge in [-0.1, -0.05) is 30.7 Å². The second kappa shape index (κ2) is 6.06. The van der Waals surface area contributed by atoms with Crippen LogP contribution in [-0.4, -0.2) is 17.0 Å². The number of aromatic amines is 1. The number of H-pyrrole nitrogens is 1. The first kappa shape index (κ1) is 14.4. The molecule has 3 aromatic rings. The van der Waals surface area contributed by atoms with E-state index in [0.29, 0.717) is 0 Å². The monoisotopic (exact) mass is 291 g/mol. The van der Waals surface area contributed by atoms with E-state index < -0.39 is 0 Å². The summed E-state index contributed by atoms with van der Waals surface area (Å²) in [7, 11) is 1.92. The van der Waals surface area contributed by atoms with Crippen LogP contribution < -0.4 is 5.32 Å². The molecule has 22 heavy (non-hydrogen) atoms. The van der Waals surface area contributed by atoms with Gasteiger partial charge in [-0.2, -0.15) is 0 Å². The molecule has 0 fully saturated rings. The van der Waals surface area contributed by atoms with Gasteiger partial charge in [-0.15, -0.1) is 0 Å². The molecule has 112 valence electrons. The van der Waals surface area contributed by atoms with Gasteiger partial charge in [0.2, 0.25) is 0 Å². The van der Waals surface area contributed by atoms with Gasteiger partial charge in [-0.3, -0.25) is 0 Å². The van der Waals surface area contributed by atoms with Crippen LogP contribution in [0.2, 0.25) is 0 Å². The predicted octanol–water partition coefficient (Wildman–Crippen LogP) is 4.66. The summed E-state index contributed by atoms with van der Waals surface area (Å²) in [4.78, 5) is 7.98. The van der Waals surface area contributed by atoms with Crippen LogP contribution in [0.1, 0.15) is 18.1 Å². The number of hydrogen-bond acceptors (Lipinski definition) is 2. The first-order valence-corrected chi connectivity index (χ1v) is 7.63. The van der Waals surface area contributed by atoms with Gasteiger partial charge >= 0.3 is 0 Å². The maximum Gasteiger partial charge on any atom is 0.137 e. The number of rotatable bonds is 4. The number of nitrogens with one attached hydrogen (secondary N) is 2. The third kappa shape index (κ3) is 2.89. The first-order valence-electron chi connectivity index (χ1n) is 7.63. The Labute approximate surface area is 131 Å². The summed E-state index contributed by atoms with van der Waals surface area (Å²) in [6, 6.07) is 14.9. The molecule has 3 rings (SSSR count). The van der Waals surface area contributed by atoms with Crippen molar-refractivity contribution in [2.75, 3.05) is 12.4 Å². The van der Waals surface area contributed by atoms with Crippen molar-refractivity contribution in [2.45, 2.75) is 20.3 Å². The zero-order valence-electron chi connectivity index (χ0n) is 13.3. The molecule has 3 heteroatoms. The molecule has 1 aromatic heterocycles. The maximum absolute atomic E-state index is 4.55. The van der Waals surface area contributed by atoms with Gasteiger partial charge in [0.05, 0.1) is 11.9 Å². The fourth-order valence-corrected chi connectivity index (χ4v) is 2.63. The van der Waals surface area contributed by atoms with E-state index in [-0.39, 0.29) is 0 Å². The van der Waals surface area contributed by atoms with Crippen LogP contribution in [0, 0.1) is 6.92 Å². The highest BCUT2D eigenvalue weighted by atomic mass is 14.9. The van der Waals surface area contributed by atoms with Crippen molar-refractivity contribution in [3.63, 3.8) is 0 Å². The molecule has 0 radical (unpaired) electrons. The third-order valence-corrected chi connectivity index (χ3v) is 3.88. The van der Waals surface area contributed by atoms with E-state index >= 15 is 0 Å². The maximum atomic E-state index is 4.55. The minimum absolute atomic E-state index is 0.922. The Hall–Kier alpha value is -2.55. The van der Waals surface area contributed by atoms with E-state index in [1.807, 2.05) is 13.2 Å². The van der Waals surface area contributed by atoms with Crippen LogP contribution in [0.3, 0.4) is 0 Å². The van der Waals surface area contributed by atoms with Crippen LogP contribution in [0.25, 0.3) is 22.6 Å². The van der Waals surface area contributed by atoms with Crippen LogP contribution in [0.4, 0.5) is 5.69 Å². The molecule has 0 aliphatic carbocycles. The van der Waals surface area contributed by atoms with Gasteiger partial charge in [0, 0.05) is 18.3 Å². The van der Waals surface area contributed by atoms with Crippen molar-refractivity contribution in [2.24, 2.45) is 0 Å². The molecule has 2 N–H and O–H groups in total. The fraction of sp³-hybridized carbons (Fsp3) is 0.211. The first-order chi connectivity index (χ1) is 10.7.